The number of fused-ring (bicyclic) bond motifs is 1. The summed E-state index contributed by atoms with van der Waals surface area (Å²) in [4.78, 5) is 2.16. The van der Waals surface area contributed by atoms with Gasteiger partial charge in [0.05, 0.1) is 25.5 Å². The molecule has 1 aliphatic heterocycles. The van der Waals surface area contributed by atoms with Gasteiger partial charge in [0, 0.05) is 52.4 Å². The van der Waals surface area contributed by atoms with Crippen molar-refractivity contribution in [1.29, 1.82) is 0 Å². The van der Waals surface area contributed by atoms with Gasteiger partial charge in [0.25, 0.3) is 0 Å². The van der Waals surface area contributed by atoms with Gasteiger partial charge < -0.3 is 35.4 Å². The number of ether oxygens (including phenoxy) is 2. The molecule has 7 nitrogen and oxygen atoms in total. The summed E-state index contributed by atoms with van der Waals surface area (Å²) in [6, 6.07) is 8.02. The molecule has 1 aliphatic rings. The second kappa shape index (κ2) is 12.9. The number of aliphatic hydroxyl groups excluding tert-OH is 1. The lowest BCUT2D eigenvalue weighted by molar-refractivity contribution is 0.138. The molecule has 0 radical (unpaired) electrons. The van der Waals surface area contributed by atoms with Crippen LogP contribution in [0.4, 0.5) is 5.69 Å². The molecule has 0 atom stereocenters. The molecular weight excluding hydrogens is 320 g/mol. The van der Waals surface area contributed by atoms with E-state index in [1.54, 1.807) is 0 Å². The van der Waals surface area contributed by atoms with Crippen molar-refractivity contribution in [3.63, 3.8) is 0 Å². The van der Waals surface area contributed by atoms with Gasteiger partial charge in [-0.1, -0.05) is 12.1 Å². The van der Waals surface area contributed by atoms with E-state index in [1.807, 2.05) is 24.3 Å². The number of nitrogens with one attached hydrogen (secondary N) is 3. The van der Waals surface area contributed by atoms with E-state index in [0.29, 0.717) is 19.8 Å². The third-order valence-electron chi connectivity index (χ3n) is 4.00. The molecule has 0 bridgehead atoms. The smallest absolute Gasteiger partial charge is 0.142 e. The van der Waals surface area contributed by atoms with Gasteiger partial charge in [-0.3, -0.25) is 0 Å². The summed E-state index contributed by atoms with van der Waals surface area (Å²) in [5, 5.41) is 19.5. The van der Waals surface area contributed by atoms with Crippen LogP contribution in [0.3, 0.4) is 0 Å². The van der Waals surface area contributed by atoms with Crippen molar-refractivity contribution >= 4 is 5.69 Å². The Morgan fingerprint density at radius 3 is 2.32 bits per heavy atom. The Balaban J connectivity index is 1.95. The quantitative estimate of drug-likeness (QED) is 0.580. The van der Waals surface area contributed by atoms with Crippen molar-refractivity contribution < 1.29 is 14.6 Å². The van der Waals surface area contributed by atoms with Crippen molar-refractivity contribution in [1.82, 2.24) is 16.0 Å². The summed E-state index contributed by atoms with van der Waals surface area (Å²) in [6.45, 7) is 8.72. The summed E-state index contributed by atoms with van der Waals surface area (Å²) in [5.74, 6) is 0.861. The molecule has 1 aromatic carbocycles. The molecule has 0 fully saturated rings. The molecule has 0 saturated carbocycles. The van der Waals surface area contributed by atoms with Crippen LogP contribution >= 0.6 is 0 Å². The van der Waals surface area contributed by atoms with E-state index < -0.39 is 0 Å². The van der Waals surface area contributed by atoms with Crippen molar-refractivity contribution in [2.45, 2.75) is 0 Å². The van der Waals surface area contributed by atoms with Gasteiger partial charge in [0.1, 0.15) is 12.4 Å². The monoisotopic (exact) mass is 352 g/mol. The summed E-state index contributed by atoms with van der Waals surface area (Å²) in [6.07, 6.45) is 0. The number of para-hydroxylation sites is 2. The Morgan fingerprint density at radius 1 is 0.880 bits per heavy atom. The number of nitrogens with zero attached hydrogens (tertiary/aromatic N) is 1. The fourth-order valence-corrected chi connectivity index (χ4v) is 2.70. The zero-order valence-corrected chi connectivity index (χ0v) is 15.0. The molecule has 1 heterocycles. The first-order valence-electron chi connectivity index (χ1n) is 9.19. The Labute approximate surface area is 150 Å². The van der Waals surface area contributed by atoms with Crippen LogP contribution in [-0.4, -0.2) is 83.9 Å². The third kappa shape index (κ3) is 8.02. The molecule has 0 spiro atoms. The van der Waals surface area contributed by atoms with Crippen LogP contribution in [0.1, 0.15) is 0 Å². The lowest BCUT2D eigenvalue weighted by Crippen LogP contribution is -2.36. The third-order valence-corrected chi connectivity index (χ3v) is 4.00. The molecular formula is C18H32N4O3. The minimum atomic E-state index is 0.117. The largest absolute Gasteiger partial charge is 0.490 e. The Morgan fingerprint density at radius 2 is 1.56 bits per heavy atom. The summed E-state index contributed by atoms with van der Waals surface area (Å²) in [5.41, 5.74) is 1.03. The minimum Gasteiger partial charge on any atom is -0.490 e. The summed E-state index contributed by atoms with van der Waals surface area (Å²) >= 11 is 0. The van der Waals surface area contributed by atoms with E-state index in [2.05, 4.69) is 20.9 Å². The minimum absolute atomic E-state index is 0.117. The summed E-state index contributed by atoms with van der Waals surface area (Å²) < 4.78 is 11.6. The van der Waals surface area contributed by atoms with E-state index in [1.165, 1.54) is 0 Å². The SMILES string of the molecule is OCCN1CCNCCOCCNCCNCCOc2ccccc21. The number of hydrogen-bond donors (Lipinski definition) is 4. The number of hydrogen-bond acceptors (Lipinski definition) is 7. The number of benzene rings is 1. The van der Waals surface area contributed by atoms with E-state index in [-0.39, 0.29) is 6.61 Å². The molecule has 4 N–H and O–H groups in total. The fourth-order valence-electron chi connectivity index (χ4n) is 2.70. The van der Waals surface area contributed by atoms with E-state index in [9.17, 15) is 5.11 Å². The topological polar surface area (TPSA) is 78.0 Å². The molecule has 0 unspecified atom stereocenters. The molecule has 0 aromatic heterocycles. The predicted octanol–water partition coefficient (Wildman–Crippen LogP) is -0.337. The van der Waals surface area contributed by atoms with Crippen molar-refractivity contribution in [2.24, 2.45) is 0 Å². The maximum Gasteiger partial charge on any atom is 0.142 e. The summed E-state index contributed by atoms with van der Waals surface area (Å²) in [7, 11) is 0. The standard InChI is InChI=1S/C18H32N4O3/c23-13-12-22-11-7-21-9-15-24-14-8-19-5-6-20-10-16-25-18-4-2-1-3-17(18)22/h1-4,19-21,23H,5-16H2. The van der Waals surface area contributed by atoms with Crippen LogP contribution in [0.2, 0.25) is 0 Å². The number of anilines is 1. The fraction of sp³-hybridized carbons (Fsp3) is 0.667. The molecule has 25 heavy (non-hydrogen) atoms. The molecule has 0 saturated heterocycles. The second-order valence-corrected chi connectivity index (χ2v) is 5.89. The lowest BCUT2D eigenvalue weighted by Gasteiger charge is -2.26. The van der Waals surface area contributed by atoms with Gasteiger partial charge >= 0.3 is 0 Å². The molecule has 0 amide bonds. The van der Waals surface area contributed by atoms with Gasteiger partial charge in [0.2, 0.25) is 0 Å². The Kier molecular flexibility index (Phi) is 10.3. The van der Waals surface area contributed by atoms with E-state index in [0.717, 1.165) is 63.9 Å². The predicted molar refractivity (Wildman–Crippen MR) is 101 cm³/mol. The van der Waals surface area contributed by atoms with Gasteiger partial charge in [-0.05, 0) is 12.1 Å². The van der Waals surface area contributed by atoms with Crippen LogP contribution < -0.4 is 25.6 Å². The van der Waals surface area contributed by atoms with Gasteiger partial charge in [-0.15, -0.1) is 0 Å². The highest BCUT2D eigenvalue weighted by atomic mass is 16.5. The van der Waals surface area contributed by atoms with Gasteiger partial charge in [0.15, 0.2) is 0 Å². The van der Waals surface area contributed by atoms with Crippen LogP contribution in [0, 0.1) is 0 Å². The first-order valence-corrected chi connectivity index (χ1v) is 9.19. The van der Waals surface area contributed by atoms with Gasteiger partial charge in [-0.25, -0.2) is 0 Å². The van der Waals surface area contributed by atoms with Crippen LogP contribution in [0.15, 0.2) is 24.3 Å². The average Bonchev–Trinajstić information content (AvgIpc) is 2.64. The van der Waals surface area contributed by atoms with Gasteiger partial charge in [-0.2, -0.15) is 0 Å². The van der Waals surface area contributed by atoms with Crippen LogP contribution in [0.5, 0.6) is 5.75 Å². The Hall–Kier alpha value is -1.38. The highest BCUT2D eigenvalue weighted by Crippen LogP contribution is 2.27. The highest BCUT2D eigenvalue weighted by Gasteiger charge is 2.11. The van der Waals surface area contributed by atoms with Crippen molar-refractivity contribution in [3.05, 3.63) is 24.3 Å². The first kappa shape index (κ1) is 19.9. The van der Waals surface area contributed by atoms with E-state index in [4.69, 9.17) is 9.47 Å². The zero-order valence-electron chi connectivity index (χ0n) is 15.0. The highest BCUT2D eigenvalue weighted by molar-refractivity contribution is 5.58. The molecule has 1 aromatic rings. The average molecular weight is 352 g/mol. The zero-order chi connectivity index (χ0) is 17.6. The Bertz CT molecular complexity index is 462. The maximum absolute atomic E-state index is 9.40. The lowest BCUT2D eigenvalue weighted by atomic mass is 10.2. The molecule has 2 rings (SSSR count). The molecule has 7 heteroatoms. The number of aliphatic hydroxyl groups is 1. The number of β-amino-alcohol motifs (C(OH)–C–C–N with tert-alkyl or cyclic N) is 1. The van der Waals surface area contributed by atoms with Crippen LogP contribution in [0.25, 0.3) is 0 Å². The van der Waals surface area contributed by atoms with Crippen molar-refractivity contribution in [2.75, 3.05) is 83.7 Å². The van der Waals surface area contributed by atoms with Crippen LogP contribution in [-0.2, 0) is 4.74 Å². The second-order valence-electron chi connectivity index (χ2n) is 5.89. The van der Waals surface area contributed by atoms with Crippen molar-refractivity contribution in [3.8, 4) is 5.75 Å². The normalized spacial score (nSPS) is 19.3. The molecule has 0 aliphatic carbocycles. The van der Waals surface area contributed by atoms with E-state index >= 15 is 0 Å². The maximum atomic E-state index is 9.40. The first-order chi connectivity index (χ1) is 12.4. The molecule has 142 valence electrons. The number of rotatable bonds is 2.